The van der Waals surface area contributed by atoms with E-state index in [1.807, 2.05) is 49.3 Å². The molecular weight excluding hydrogens is 455 g/mol. The topological polar surface area (TPSA) is 78.0 Å². The number of amides is 1. The number of nitrogens with one attached hydrogen (secondary N) is 1. The van der Waals surface area contributed by atoms with Crippen molar-refractivity contribution in [2.75, 3.05) is 27.2 Å². The number of likely N-dealkylation sites (N-methyl/N-ethyl adjacent to an activating group) is 1. The van der Waals surface area contributed by atoms with Gasteiger partial charge < -0.3 is 14.8 Å². The number of aromatic nitrogens is 4. The molecule has 1 amide bonds. The number of fused-ring (bicyclic) bond motifs is 3. The minimum absolute atomic E-state index is 0.00512. The molecule has 0 radical (unpaired) electrons. The lowest BCUT2D eigenvalue weighted by atomic mass is 9.99. The van der Waals surface area contributed by atoms with Crippen molar-refractivity contribution in [3.63, 3.8) is 0 Å². The Bertz CT molecular complexity index is 1580. The molecule has 1 saturated heterocycles. The first-order valence-corrected chi connectivity index (χ1v) is 11.9. The van der Waals surface area contributed by atoms with Gasteiger partial charge in [-0.1, -0.05) is 12.1 Å². The third-order valence-corrected chi connectivity index (χ3v) is 7.02. The second kappa shape index (κ2) is 8.80. The van der Waals surface area contributed by atoms with Gasteiger partial charge in [-0.15, -0.1) is 0 Å². The Hall–Kier alpha value is -4.17. The molecule has 0 unspecified atom stereocenters. The lowest BCUT2D eigenvalue weighted by Gasteiger charge is -2.20. The fourth-order valence-electron chi connectivity index (χ4n) is 5.00. The molecule has 6 rings (SSSR count). The zero-order valence-electron chi connectivity index (χ0n) is 20.1. The van der Waals surface area contributed by atoms with Crippen LogP contribution in [0.25, 0.3) is 44.3 Å². The van der Waals surface area contributed by atoms with Crippen molar-refractivity contribution in [3.05, 3.63) is 78.6 Å². The maximum absolute atomic E-state index is 15.3. The van der Waals surface area contributed by atoms with Crippen molar-refractivity contribution in [2.24, 2.45) is 0 Å². The first-order valence-electron chi connectivity index (χ1n) is 11.9. The predicted molar refractivity (Wildman–Crippen MR) is 138 cm³/mol. The van der Waals surface area contributed by atoms with Crippen molar-refractivity contribution in [2.45, 2.75) is 12.5 Å². The van der Waals surface area contributed by atoms with Gasteiger partial charge in [-0.3, -0.25) is 14.8 Å². The maximum atomic E-state index is 15.3. The third kappa shape index (κ3) is 3.79. The Morgan fingerprint density at radius 1 is 1.08 bits per heavy atom. The summed E-state index contributed by atoms with van der Waals surface area (Å²) in [6.07, 6.45) is 7.39. The molecule has 7 nitrogen and oxygen atoms in total. The lowest BCUT2D eigenvalue weighted by molar-refractivity contribution is 0.0783. The van der Waals surface area contributed by atoms with E-state index >= 15 is 4.39 Å². The molecule has 5 heterocycles. The fourth-order valence-corrected chi connectivity index (χ4v) is 5.00. The monoisotopic (exact) mass is 480 g/mol. The molecule has 0 spiro atoms. The van der Waals surface area contributed by atoms with Crippen molar-refractivity contribution >= 4 is 27.8 Å². The van der Waals surface area contributed by atoms with E-state index in [1.54, 1.807) is 30.7 Å². The molecule has 0 saturated carbocycles. The van der Waals surface area contributed by atoms with Gasteiger partial charge >= 0.3 is 0 Å². The van der Waals surface area contributed by atoms with E-state index in [1.165, 1.54) is 6.20 Å². The van der Waals surface area contributed by atoms with Gasteiger partial charge in [0.2, 0.25) is 0 Å². The number of rotatable bonds is 4. The molecule has 180 valence electrons. The van der Waals surface area contributed by atoms with E-state index in [9.17, 15) is 4.79 Å². The predicted octanol–water partition coefficient (Wildman–Crippen LogP) is 4.76. The zero-order chi connectivity index (χ0) is 24.8. The van der Waals surface area contributed by atoms with Crippen LogP contribution in [0.1, 0.15) is 16.8 Å². The van der Waals surface area contributed by atoms with Gasteiger partial charge in [-0.2, -0.15) is 0 Å². The highest BCUT2D eigenvalue weighted by atomic mass is 19.1. The molecule has 1 aliphatic rings. The van der Waals surface area contributed by atoms with Crippen LogP contribution >= 0.6 is 0 Å². The number of halogens is 1. The Kier molecular flexibility index (Phi) is 5.45. The van der Waals surface area contributed by atoms with Crippen molar-refractivity contribution in [1.29, 1.82) is 0 Å². The molecule has 0 aliphatic carbocycles. The molecule has 5 aromatic rings. The zero-order valence-corrected chi connectivity index (χ0v) is 20.1. The van der Waals surface area contributed by atoms with E-state index in [-0.39, 0.29) is 5.91 Å². The van der Waals surface area contributed by atoms with Gasteiger partial charge in [0.05, 0.1) is 23.6 Å². The lowest BCUT2D eigenvalue weighted by Crippen LogP contribution is -2.34. The summed E-state index contributed by atoms with van der Waals surface area (Å²) in [5.41, 5.74) is 4.71. The Labute approximate surface area is 207 Å². The van der Waals surface area contributed by atoms with Crippen molar-refractivity contribution < 1.29 is 9.18 Å². The highest BCUT2D eigenvalue weighted by Crippen LogP contribution is 2.36. The van der Waals surface area contributed by atoms with E-state index in [0.29, 0.717) is 33.8 Å². The number of H-pyrrole nitrogens is 1. The van der Waals surface area contributed by atoms with Gasteiger partial charge in [0.25, 0.3) is 5.91 Å². The number of carbonyl (C=O) groups is 1. The first-order chi connectivity index (χ1) is 17.5. The summed E-state index contributed by atoms with van der Waals surface area (Å²) in [6, 6.07) is 13.3. The normalized spacial score (nSPS) is 15.9. The van der Waals surface area contributed by atoms with Gasteiger partial charge in [-0.25, -0.2) is 9.37 Å². The van der Waals surface area contributed by atoms with Crippen LogP contribution in [-0.2, 0) is 0 Å². The summed E-state index contributed by atoms with van der Waals surface area (Å²) in [7, 11) is 4.08. The standard InChI is InChI=1S/C28H25FN6O/c1-34(2)20-9-11-35(16-20)28(36)18-7-5-17(6-8-18)25-22(29)14-32-27-26(25)21-12-23(31-15-24(21)33-27)19-4-3-10-30-13-19/h3-8,10,12-15,20H,9,11,16H2,1-2H3,(H,32,33)/t20-/m1/s1. The molecule has 1 N–H and O–H groups in total. The second-order valence-electron chi connectivity index (χ2n) is 9.42. The van der Waals surface area contributed by atoms with E-state index in [0.717, 1.165) is 41.7 Å². The van der Waals surface area contributed by atoms with Crippen LogP contribution in [-0.4, -0.2) is 68.9 Å². The Morgan fingerprint density at radius 3 is 2.64 bits per heavy atom. The smallest absolute Gasteiger partial charge is 0.253 e. The van der Waals surface area contributed by atoms with Crippen LogP contribution in [0.5, 0.6) is 0 Å². The minimum atomic E-state index is -0.421. The van der Waals surface area contributed by atoms with Crippen LogP contribution in [0.3, 0.4) is 0 Å². The van der Waals surface area contributed by atoms with Crippen molar-refractivity contribution in [3.8, 4) is 22.4 Å². The highest BCUT2D eigenvalue weighted by Gasteiger charge is 2.28. The second-order valence-corrected chi connectivity index (χ2v) is 9.42. The van der Waals surface area contributed by atoms with Crippen LogP contribution in [0, 0.1) is 5.82 Å². The number of benzene rings is 1. The molecule has 36 heavy (non-hydrogen) atoms. The van der Waals surface area contributed by atoms with Crippen LogP contribution in [0.15, 0.2) is 67.3 Å². The highest BCUT2D eigenvalue weighted by molar-refractivity contribution is 6.13. The largest absolute Gasteiger partial charge is 0.338 e. The summed E-state index contributed by atoms with van der Waals surface area (Å²) < 4.78 is 15.3. The van der Waals surface area contributed by atoms with E-state index in [2.05, 4.69) is 24.8 Å². The van der Waals surface area contributed by atoms with Crippen molar-refractivity contribution in [1.82, 2.24) is 29.7 Å². The van der Waals surface area contributed by atoms with Crippen LogP contribution < -0.4 is 0 Å². The van der Waals surface area contributed by atoms with Gasteiger partial charge in [0, 0.05) is 59.0 Å². The average molecular weight is 481 g/mol. The van der Waals surface area contributed by atoms with Crippen LogP contribution in [0.4, 0.5) is 4.39 Å². The molecule has 1 aromatic carbocycles. The molecule has 1 fully saturated rings. The Balaban J connectivity index is 1.40. The summed E-state index contributed by atoms with van der Waals surface area (Å²) >= 11 is 0. The fraction of sp³-hybridized carbons (Fsp3) is 0.214. The molecular formula is C28H25FN6O. The molecule has 1 aliphatic heterocycles. The van der Waals surface area contributed by atoms with E-state index in [4.69, 9.17) is 0 Å². The van der Waals surface area contributed by atoms with Gasteiger partial charge in [0.15, 0.2) is 0 Å². The summed E-state index contributed by atoms with van der Waals surface area (Å²) in [5.74, 6) is -0.416. The molecule has 4 aromatic heterocycles. The summed E-state index contributed by atoms with van der Waals surface area (Å²) in [4.78, 5) is 33.4. The van der Waals surface area contributed by atoms with Gasteiger partial charge in [-0.05, 0) is 56.4 Å². The maximum Gasteiger partial charge on any atom is 0.253 e. The first kappa shape index (κ1) is 22.3. The van der Waals surface area contributed by atoms with E-state index < -0.39 is 5.82 Å². The number of hydrogen-bond acceptors (Lipinski definition) is 5. The summed E-state index contributed by atoms with van der Waals surface area (Å²) in [5, 5.41) is 1.51. The number of pyridine rings is 3. The third-order valence-electron chi connectivity index (χ3n) is 7.02. The number of aromatic amines is 1. The molecule has 1 atom stereocenters. The minimum Gasteiger partial charge on any atom is -0.338 e. The molecule has 8 heteroatoms. The quantitative estimate of drug-likeness (QED) is 0.402. The molecule has 0 bridgehead atoms. The number of nitrogens with zero attached hydrogens (tertiary/aromatic N) is 5. The van der Waals surface area contributed by atoms with Gasteiger partial charge in [0.1, 0.15) is 11.5 Å². The SMILES string of the molecule is CN(C)[C@@H]1CCN(C(=O)c2ccc(-c3c(F)cnc4[nH]c5cnc(-c6cccnc6)cc5c34)cc2)C1. The summed E-state index contributed by atoms with van der Waals surface area (Å²) in [6.45, 7) is 1.46. The average Bonchev–Trinajstić information content (AvgIpc) is 3.54. The Morgan fingerprint density at radius 2 is 1.92 bits per heavy atom. The number of hydrogen-bond donors (Lipinski definition) is 1. The number of carbonyl (C=O) groups excluding carboxylic acids is 1. The number of likely N-dealkylation sites (tertiary alicyclic amines) is 1. The van der Waals surface area contributed by atoms with Crippen LogP contribution in [0.2, 0.25) is 0 Å².